The lowest BCUT2D eigenvalue weighted by molar-refractivity contribution is 0.615. The molecule has 1 fully saturated rings. The Morgan fingerprint density at radius 2 is 2.18 bits per heavy atom. The summed E-state index contributed by atoms with van der Waals surface area (Å²) in [4.78, 5) is 0. The highest BCUT2D eigenvalue weighted by Crippen LogP contribution is 2.39. The van der Waals surface area contributed by atoms with E-state index in [4.69, 9.17) is 0 Å². The number of unbranched alkanes of at least 4 members (excludes halogenated alkanes) is 3. The number of hydrogen-bond donors (Lipinski definition) is 0. The van der Waals surface area contributed by atoms with E-state index in [1.165, 1.54) is 44.3 Å². The zero-order valence-electron chi connectivity index (χ0n) is 7.34. The first-order valence-electron chi connectivity index (χ1n) is 4.71. The molecule has 0 aliphatic carbocycles. The molecule has 0 aromatic heterocycles. The summed E-state index contributed by atoms with van der Waals surface area (Å²) in [5, 5.41) is 0.997. The van der Waals surface area contributed by atoms with Gasteiger partial charge in [-0.2, -0.15) is 0 Å². The second-order valence-corrected chi connectivity index (χ2v) is 5.97. The van der Waals surface area contributed by atoms with Crippen molar-refractivity contribution < 1.29 is 0 Å². The van der Waals surface area contributed by atoms with Gasteiger partial charge in [0.1, 0.15) is 0 Å². The summed E-state index contributed by atoms with van der Waals surface area (Å²) in [6, 6.07) is 0. The minimum atomic E-state index is 0.997. The van der Waals surface area contributed by atoms with E-state index in [9.17, 15) is 0 Å². The Balaban J connectivity index is 1.86. The van der Waals surface area contributed by atoms with E-state index in [0.29, 0.717) is 0 Å². The fourth-order valence-electron chi connectivity index (χ4n) is 1.36. The van der Waals surface area contributed by atoms with Crippen molar-refractivity contribution in [2.75, 3.05) is 5.75 Å². The van der Waals surface area contributed by atoms with E-state index < -0.39 is 0 Å². The van der Waals surface area contributed by atoms with Gasteiger partial charge in [0, 0.05) is 11.0 Å². The van der Waals surface area contributed by atoms with E-state index in [0.717, 1.165) is 5.25 Å². The third-order valence-corrected chi connectivity index (χ3v) is 5.11. The first-order valence-corrected chi connectivity index (χ1v) is 7.10. The van der Waals surface area contributed by atoms with Crippen molar-refractivity contribution in [3.05, 3.63) is 0 Å². The summed E-state index contributed by atoms with van der Waals surface area (Å²) in [5.41, 5.74) is 0. The standard InChI is InChI=1S/C9H18S2/c1-2-3-4-5-6-9-7-8-10-11-9/h9H,2-8H2,1H3/t9-/m1/s1. The predicted molar refractivity (Wildman–Crippen MR) is 57.2 cm³/mol. The molecule has 11 heavy (non-hydrogen) atoms. The van der Waals surface area contributed by atoms with Crippen molar-refractivity contribution in [1.82, 2.24) is 0 Å². The molecule has 1 atom stereocenters. The van der Waals surface area contributed by atoms with Gasteiger partial charge in [0.25, 0.3) is 0 Å². The lowest BCUT2D eigenvalue weighted by Gasteiger charge is -2.05. The molecule has 2 heteroatoms. The van der Waals surface area contributed by atoms with Gasteiger partial charge < -0.3 is 0 Å². The first kappa shape index (κ1) is 9.79. The molecule has 0 aromatic rings. The fraction of sp³-hybridized carbons (Fsp3) is 1.00. The first-order chi connectivity index (χ1) is 5.43. The third kappa shape index (κ3) is 4.32. The van der Waals surface area contributed by atoms with E-state index in [-0.39, 0.29) is 0 Å². The van der Waals surface area contributed by atoms with E-state index >= 15 is 0 Å². The van der Waals surface area contributed by atoms with Crippen LogP contribution in [-0.2, 0) is 0 Å². The quantitative estimate of drug-likeness (QED) is 0.472. The Morgan fingerprint density at radius 1 is 1.27 bits per heavy atom. The molecule has 1 rings (SSSR count). The Kier molecular flexibility index (Phi) is 5.55. The Labute approximate surface area is 78.3 Å². The van der Waals surface area contributed by atoms with Crippen molar-refractivity contribution in [3.63, 3.8) is 0 Å². The molecule has 0 unspecified atom stereocenters. The van der Waals surface area contributed by atoms with Crippen LogP contribution in [0.4, 0.5) is 0 Å². The van der Waals surface area contributed by atoms with Crippen LogP contribution in [0.2, 0.25) is 0 Å². The lowest BCUT2D eigenvalue weighted by atomic mass is 10.1. The molecule has 0 aromatic carbocycles. The molecule has 0 radical (unpaired) electrons. The molecule has 1 aliphatic heterocycles. The van der Waals surface area contributed by atoms with Gasteiger partial charge >= 0.3 is 0 Å². The average Bonchev–Trinajstić information content (AvgIpc) is 2.50. The maximum Gasteiger partial charge on any atom is 0.0159 e. The van der Waals surface area contributed by atoms with Crippen molar-refractivity contribution in [2.24, 2.45) is 0 Å². The predicted octanol–water partition coefficient (Wildman–Crippen LogP) is 4.11. The van der Waals surface area contributed by atoms with Gasteiger partial charge in [-0.25, -0.2) is 0 Å². The van der Waals surface area contributed by atoms with Crippen molar-refractivity contribution >= 4 is 21.6 Å². The second kappa shape index (κ2) is 6.24. The average molecular weight is 190 g/mol. The minimum Gasteiger partial charge on any atom is -0.0938 e. The van der Waals surface area contributed by atoms with E-state index in [1.807, 2.05) is 0 Å². The molecule has 0 nitrogen and oxygen atoms in total. The van der Waals surface area contributed by atoms with Gasteiger partial charge in [0.15, 0.2) is 0 Å². The Morgan fingerprint density at radius 3 is 2.82 bits per heavy atom. The smallest absolute Gasteiger partial charge is 0.0159 e. The van der Waals surface area contributed by atoms with E-state index in [2.05, 4.69) is 28.5 Å². The molecule has 0 saturated carbocycles. The number of rotatable bonds is 5. The van der Waals surface area contributed by atoms with Gasteiger partial charge in [-0.3, -0.25) is 0 Å². The van der Waals surface area contributed by atoms with Crippen LogP contribution in [0.1, 0.15) is 45.4 Å². The summed E-state index contributed by atoms with van der Waals surface area (Å²) in [5.74, 6) is 1.39. The largest absolute Gasteiger partial charge is 0.0938 e. The van der Waals surface area contributed by atoms with Crippen LogP contribution in [0, 0.1) is 0 Å². The summed E-state index contributed by atoms with van der Waals surface area (Å²) in [6.45, 7) is 2.28. The maximum absolute atomic E-state index is 2.28. The molecular weight excluding hydrogens is 172 g/mol. The molecule has 1 aliphatic rings. The SMILES string of the molecule is CCCCCC[C@@H]1CCSS1. The zero-order chi connectivity index (χ0) is 7.94. The maximum atomic E-state index is 2.28. The van der Waals surface area contributed by atoms with Crippen LogP contribution in [0.15, 0.2) is 0 Å². The highest BCUT2D eigenvalue weighted by Gasteiger charge is 2.15. The molecule has 1 saturated heterocycles. The van der Waals surface area contributed by atoms with Crippen LogP contribution in [0.5, 0.6) is 0 Å². The Hall–Kier alpha value is 0.700. The summed E-state index contributed by atoms with van der Waals surface area (Å²) < 4.78 is 0. The highest BCUT2D eigenvalue weighted by molar-refractivity contribution is 8.77. The molecule has 66 valence electrons. The van der Waals surface area contributed by atoms with Crippen LogP contribution in [0.3, 0.4) is 0 Å². The van der Waals surface area contributed by atoms with Crippen LogP contribution >= 0.6 is 21.6 Å². The second-order valence-electron chi connectivity index (χ2n) is 3.18. The molecular formula is C9H18S2. The van der Waals surface area contributed by atoms with Gasteiger partial charge in [-0.05, 0) is 12.8 Å². The van der Waals surface area contributed by atoms with Crippen molar-refractivity contribution in [3.8, 4) is 0 Å². The normalized spacial score (nSPS) is 24.3. The fourth-order valence-corrected chi connectivity index (χ4v) is 4.39. The molecule has 0 spiro atoms. The minimum absolute atomic E-state index is 0.997. The number of hydrogen-bond acceptors (Lipinski definition) is 2. The van der Waals surface area contributed by atoms with Gasteiger partial charge in [-0.15, -0.1) is 0 Å². The molecule has 0 bridgehead atoms. The summed E-state index contributed by atoms with van der Waals surface area (Å²) >= 11 is 0. The van der Waals surface area contributed by atoms with Crippen molar-refractivity contribution in [1.29, 1.82) is 0 Å². The van der Waals surface area contributed by atoms with Gasteiger partial charge in [-0.1, -0.05) is 54.2 Å². The van der Waals surface area contributed by atoms with Crippen LogP contribution in [-0.4, -0.2) is 11.0 Å². The molecule has 1 heterocycles. The monoisotopic (exact) mass is 190 g/mol. The van der Waals surface area contributed by atoms with Crippen LogP contribution < -0.4 is 0 Å². The van der Waals surface area contributed by atoms with Gasteiger partial charge in [0.2, 0.25) is 0 Å². The van der Waals surface area contributed by atoms with Gasteiger partial charge in [0.05, 0.1) is 0 Å². The third-order valence-electron chi connectivity index (χ3n) is 2.11. The Bertz CT molecular complexity index is 87.6. The summed E-state index contributed by atoms with van der Waals surface area (Å²) in [6.07, 6.45) is 8.65. The zero-order valence-corrected chi connectivity index (χ0v) is 8.98. The summed E-state index contributed by atoms with van der Waals surface area (Å²) in [7, 11) is 4.18. The molecule has 0 N–H and O–H groups in total. The lowest BCUT2D eigenvalue weighted by Crippen LogP contribution is -1.96. The van der Waals surface area contributed by atoms with Crippen LogP contribution in [0.25, 0.3) is 0 Å². The highest BCUT2D eigenvalue weighted by atomic mass is 33.1. The van der Waals surface area contributed by atoms with Crippen molar-refractivity contribution in [2.45, 2.75) is 50.7 Å². The molecule has 0 amide bonds. The topological polar surface area (TPSA) is 0 Å². The van der Waals surface area contributed by atoms with E-state index in [1.54, 1.807) is 0 Å².